The summed E-state index contributed by atoms with van der Waals surface area (Å²) in [5.74, 6) is 1.16. The van der Waals surface area contributed by atoms with Gasteiger partial charge in [0.15, 0.2) is 0 Å². The van der Waals surface area contributed by atoms with E-state index >= 15 is 0 Å². The van der Waals surface area contributed by atoms with Gasteiger partial charge in [-0.05, 0) is 82.5 Å². The van der Waals surface area contributed by atoms with E-state index in [9.17, 15) is 4.79 Å². The number of carbonyl (C=O) groups excluding carboxylic acids is 1. The van der Waals surface area contributed by atoms with Crippen LogP contribution in [0.25, 0.3) is 0 Å². The highest BCUT2D eigenvalue weighted by Crippen LogP contribution is 2.40. The molecule has 2 aromatic carbocycles. The van der Waals surface area contributed by atoms with Crippen molar-refractivity contribution in [3.8, 4) is 0 Å². The maximum absolute atomic E-state index is 12.5. The number of carbonyl (C=O) groups is 1. The van der Waals surface area contributed by atoms with E-state index in [2.05, 4.69) is 71.3 Å². The van der Waals surface area contributed by atoms with Gasteiger partial charge in [0.2, 0.25) is 5.91 Å². The molecule has 3 fully saturated rings. The molecule has 0 saturated carbocycles. The normalized spacial score (nSPS) is 26.9. The topological polar surface area (TPSA) is 32.8 Å². The SMILES string of the molecule is Cc1ccccc1C(OC1CC2CCC(C1)N2CCCCN1CSC(C)(C)C1=O)c1ccccc1. The number of piperidine rings is 1. The van der Waals surface area contributed by atoms with Crippen molar-refractivity contribution in [3.63, 3.8) is 0 Å². The highest BCUT2D eigenvalue weighted by atomic mass is 32.2. The molecule has 2 bridgehead atoms. The Balaban J connectivity index is 1.17. The van der Waals surface area contributed by atoms with E-state index in [1.165, 1.54) is 36.0 Å². The molecule has 0 N–H and O–H groups in total. The molecule has 0 spiro atoms. The van der Waals surface area contributed by atoms with E-state index in [0.717, 1.165) is 38.2 Å². The summed E-state index contributed by atoms with van der Waals surface area (Å²) in [5.41, 5.74) is 3.82. The zero-order valence-corrected chi connectivity index (χ0v) is 22.3. The Hall–Kier alpha value is -1.82. The van der Waals surface area contributed by atoms with Gasteiger partial charge in [-0.2, -0.15) is 0 Å². The van der Waals surface area contributed by atoms with Gasteiger partial charge in [-0.15, -0.1) is 11.8 Å². The van der Waals surface area contributed by atoms with Gasteiger partial charge < -0.3 is 9.64 Å². The molecule has 2 aromatic rings. The van der Waals surface area contributed by atoms with Gasteiger partial charge in [0.25, 0.3) is 0 Å². The number of hydrogen-bond donors (Lipinski definition) is 0. The van der Waals surface area contributed by atoms with E-state index in [4.69, 9.17) is 4.74 Å². The summed E-state index contributed by atoms with van der Waals surface area (Å²) in [6.07, 6.45) is 7.40. The summed E-state index contributed by atoms with van der Waals surface area (Å²) < 4.78 is 6.69. The summed E-state index contributed by atoms with van der Waals surface area (Å²) in [7, 11) is 0. The van der Waals surface area contributed by atoms with Crippen molar-refractivity contribution in [1.29, 1.82) is 0 Å². The maximum Gasteiger partial charge on any atom is 0.238 e. The fourth-order valence-electron chi connectivity index (χ4n) is 6.24. The fourth-order valence-corrected chi connectivity index (χ4v) is 7.21. The van der Waals surface area contributed by atoms with Crippen LogP contribution in [0.3, 0.4) is 0 Å². The highest BCUT2D eigenvalue weighted by molar-refractivity contribution is 8.01. The first kappa shape index (κ1) is 24.9. The lowest BCUT2D eigenvalue weighted by atomic mass is 9.95. The molecule has 3 aliphatic heterocycles. The Morgan fingerprint density at radius 2 is 1.63 bits per heavy atom. The number of unbranched alkanes of at least 4 members (excludes halogenated alkanes) is 1. The Morgan fingerprint density at radius 3 is 2.29 bits per heavy atom. The monoisotopic (exact) mass is 492 g/mol. The molecule has 188 valence electrons. The minimum absolute atomic E-state index is 0.00605. The molecule has 5 heteroatoms. The van der Waals surface area contributed by atoms with Crippen LogP contribution < -0.4 is 0 Å². The van der Waals surface area contributed by atoms with E-state index in [1.807, 2.05) is 13.8 Å². The Morgan fingerprint density at radius 1 is 0.971 bits per heavy atom. The zero-order valence-electron chi connectivity index (χ0n) is 21.5. The second-order valence-corrected chi connectivity index (χ2v) is 12.6. The standard InChI is InChI=1S/C30H40N2O2S/c1-22-11-7-8-14-27(22)28(23-12-5-4-6-13-23)34-26-19-24-15-16-25(20-26)32(24)18-10-9-17-31-21-35-30(2,3)29(31)33/h4-8,11-14,24-26,28H,9-10,15-21H2,1-3H3. The van der Waals surface area contributed by atoms with Gasteiger partial charge in [0.05, 0.1) is 16.7 Å². The van der Waals surface area contributed by atoms with Gasteiger partial charge in [0.1, 0.15) is 6.10 Å². The van der Waals surface area contributed by atoms with Crippen LogP contribution in [0, 0.1) is 6.92 Å². The fraction of sp³-hybridized carbons (Fsp3) is 0.567. The van der Waals surface area contributed by atoms with Gasteiger partial charge in [-0.1, -0.05) is 54.6 Å². The number of hydrogen-bond acceptors (Lipinski definition) is 4. The lowest BCUT2D eigenvalue weighted by Crippen LogP contribution is -2.46. The predicted octanol–water partition coefficient (Wildman–Crippen LogP) is 6.19. The number of aryl methyl sites for hydroxylation is 1. The van der Waals surface area contributed by atoms with Gasteiger partial charge in [-0.25, -0.2) is 0 Å². The Kier molecular flexibility index (Phi) is 7.57. The number of fused-ring (bicyclic) bond motifs is 2. The second kappa shape index (κ2) is 10.7. The van der Waals surface area contributed by atoms with E-state index < -0.39 is 0 Å². The first-order valence-electron chi connectivity index (χ1n) is 13.4. The average Bonchev–Trinajstić information content (AvgIpc) is 3.25. The summed E-state index contributed by atoms with van der Waals surface area (Å²) in [6, 6.07) is 20.6. The molecule has 3 atom stereocenters. The molecule has 3 heterocycles. The van der Waals surface area contributed by atoms with E-state index in [1.54, 1.807) is 11.8 Å². The largest absolute Gasteiger partial charge is 0.365 e. The van der Waals surface area contributed by atoms with Crippen molar-refractivity contribution in [2.24, 2.45) is 0 Å². The van der Waals surface area contributed by atoms with E-state index in [-0.39, 0.29) is 10.9 Å². The van der Waals surface area contributed by atoms with Gasteiger partial charge in [0, 0.05) is 18.6 Å². The van der Waals surface area contributed by atoms with Crippen molar-refractivity contribution < 1.29 is 9.53 Å². The third kappa shape index (κ3) is 5.47. The summed E-state index contributed by atoms with van der Waals surface area (Å²) in [4.78, 5) is 17.3. The number of thioether (sulfide) groups is 1. The van der Waals surface area contributed by atoms with Crippen LogP contribution in [-0.2, 0) is 9.53 Å². The average molecular weight is 493 g/mol. The minimum atomic E-state index is -0.239. The van der Waals surface area contributed by atoms with Crippen LogP contribution in [0.4, 0.5) is 0 Å². The molecule has 35 heavy (non-hydrogen) atoms. The Bertz CT molecular complexity index is 996. The molecule has 4 nitrogen and oxygen atoms in total. The number of nitrogens with zero attached hydrogens (tertiary/aromatic N) is 2. The number of ether oxygens (including phenoxy) is 1. The molecule has 3 aliphatic rings. The summed E-state index contributed by atoms with van der Waals surface area (Å²) >= 11 is 1.77. The second-order valence-electron chi connectivity index (χ2n) is 11.1. The Labute approximate surface area is 215 Å². The van der Waals surface area contributed by atoms with Crippen molar-refractivity contribution in [2.45, 2.75) is 88.3 Å². The molecular formula is C30H40N2O2S. The number of benzene rings is 2. The van der Waals surface area contributed by atoms with Crippen LogP contribution in [0.5, 0.6) is 0 Å². The number of rotatable bonds is 9. The number of amides is 1. The summed E-state index contributed by atoms with van der Waals surface area (Å²) in [6.45, 7) is 8.34. The van der Waals surface area contributed by atoms with Crippen molar-refractivity contribution in [1.82, 2.24) is 9.80 Å². The molecule has 5 rings (SSSR count). The van der Waals surface area contributed by atoms with Crippen LogP contribution in [0.15, 0.2) is 54.6 Å². The zero-order chi connectivity index (χ0) is 24.4. The molecule has 3 saturated heterocycles. The van der Waals surface area contributed by atoms with Crippen molar-refractivity contribution >= 4 is 17.7 Å². The summed E-state index contributed by atoms with van der Waals surface area (Å²) in [5, 5.41) is 0. The third-order valence-corrected chi connectivity index (χ3v) is 9.56. The maximum atomic E-state index is 12.5. The van der Waals surface area contributed by atoms with Crippen molar-refractivity contribution in [3.05, 3.63) is 71.3 Å². The van der Waals surface area contributed by atoms with Crippen molar-refractivity contribution in [2.75, 3.05) is 19.0 Å². The highest BCUT2D eigenvalue weighted by Gasteiger charge is 2.42. The van der Waals surface area contributed by atoms with E-state index in [0.29, 0.717) is 24.1 Å². The van der Waals surface area contributed by atoms with Gasteiger partial charge in [-0.3, -0.25) is 9.69 Å². The van der Waals surface area contributed by atoms with Gasteiger partial charge >= 0.3 is 0 Å². The molecule has 0 radical (unpaired) electrons. The molecular weight excluding hydrogens is 452 g/mol. The smallest absolute Gasteiger partial charge is 0.238 e. The van der Waals surface area contributed by atoms with Crippen LogP contribution in [0.1, 0.15) is 75.2 Å². The first-order valence-corrected chi connectivity index (χ1v) is 14.4. The van der Waals surface area contributed by atoms with Crippen LogP contribution in [0.2, 0.25) is 0 Å². The molecule has 1 amide bonds. The lowest BCUT2D eigenvalue weighted by Gasteiger charge is -2.40. The minimum Gasteiger partial charge on any atom is -0.365 e. The molecule has 3 unspecified atom stereocenters. The predicted molar refractivity (Wildman–Crippen MR) is 145 cm³/mol. The van der Waals surface area contributed by atoms with Crippen LogP contribution >= 0.6 is 11.8 Å². The van der Waals surface area contributed by atoms with Crippen LogP contribution in [-0.4, -0.2) is 57.6 Å². The molecule has 0 aliphatic carbocycles. The molecule has 0 aromatic heterocycles. The third-order valence-electron chi connectivity index (χ3n) is 8.22. The quantitative estimate of drug-likeness (QED) is 0.391. The lowest BCUT2D eigenvalue weighted by molar-refractivity contribution is -0.130. The first-order chi connectivity index (χ1) is 16.9.